The average molecular weight is 362 g/mol. The zero-order valence-corrected chi connectivity index (χ0v) is 16.6. The van der Waals surface area contributed by atoms with Crippen LogP contribution in [0.15, 0.2) is 29.3 Å². The van der Waals surface area contributed by atoms with Crippen LogP contribution in [-0.4, -0.2) is 39.9 Å². The molecule has 0 aromatic heterocycles. The van der Waals surface area contributed by atoms with E-state index >= 15 is 0 Å². The second-order valence-electron chi connectivity index (χ2n) is 7.20. The highest BCUT2D eigenvalue weighted by molar-refractivity contribution is 5.79. The predicted molar refractivity (Wildman–Crippen MR) is 107 cm³/mol. The fourth-order valence-electron chi connectivity index (χ4n) is 3.38. The average Bonchev–Trinajstić information content (AvgIpc) is 2.64. The molecule has 0 spiro atoms. The molecule has 0 radical (unpaired) electrons. The van der Waals surface area contributed by atoms with Crippen LogP contribution in [0.1, 0.15) is 50.2 Å². The van der Waals surface area contributed by atoms with Crippen LogP contribution in [0.3, 0.4) is 0 Å². The highest BCUT2D eigenvalue weighted by Gasteiger charge is 2.36. The van der Waals surface area contributed by atoms with E-state index in [1.54, 1.807) is 7.11 Å². The van der Waals surface area contributed by atoms with Crippen LogP contribution in [0.5, 0.6) is 0 Å². The molecule has 0 saturated heterocycles. The molecule has 1 fully saturated rings. The van der Waals surface area contributed by atoms with Gasteiger partial charge in [-0.05, 0) is 42.2 Å². The molecular formula is C21H35N3O2. The molecule has 0 unspecified atom stereocenters. The second kappa shape index (κ2) is 11.2. The summed E-state index contributed by atoms with van der Waals surface area (Å²) in [6, 6.07) is 8.43. The maximum atomic E-state index is 5.71. The lowest BCUT2D eigenvalue weighted by atomic mass is 9.67. The van der Waals surface area contributed by atoms with Crippen LogP contribution in [-0.2, 0) is 22.6 Å². The summed E-state index contributed by atoms with van der Waals surface area (Å²) >= 11 is 0. The topological polar surface area (TPSA) is 54.9 Å². The Labute approximate surface area is 158 Å². The van der Waals surface area contributed by atoms with E-state index in [1.165, 1.54) is 30.4 Å². The van der Waals surface area contributed by atoms with Crippen LogP contribution >= 0.6 is 0 Å². The molecule has 0 atom stereocenters. The van der Waals surface area contributed by atoms with Crippen LogP contribution in [0.4, 0.5) is 0 Å². The van der Waals surface area contributed by atoms with Gasteiger partial charge in [0.15, 0.2) is 5.96 Å². The summed E-state index contributed by atoms with van der Waals surface area (Å²) in [5, 5.41) is 6.96. The van der Waals surface area contributed by atoms with Crippen molar-refractivity contribution in [2.24, 2.45) is 10.4 Å². The number of nitrogens with zero attached hydrogens (tertiary/aromatic N) is 1. The maximum Gasteiger partial charge on any atom is 0.191 e. The van der Waals surface area contributed by atoms with Crippen molar-refractivity contribution >= 4 is 5.96 Å². The molecule has 2 rings (SSSR count). The summed E-state index contributed by atoms with van der Waals surface area (Å²) in [5.74, 6) is 0.859. The first-order valence-corrected chi connectivity index (χ1v) is 9.81. The Morgan fingerprint density at radius 1 is 1.15 bits per heavy atom. The van der Waals surface area contributed by atoms with Crippen molar-refractivity contribution < 1.29 is 9.47 Å². The Hall–Kier alpha value is -1.59. The van der Waals surface area contributed by atoms with Crippen molar-refractivity contribution in [1.82, 2.24) is 10.6 Å². The van der Waals surface area contributed by atoms with Gasteiger partial charge in [0, 0.05) is 40.5 Å². The molecule has 1 aliphatic carbocycles. The molecule has 2 N–H and O–H groups in total. The van der Waals surface area contributed by atoms with E-state index in [1.807, 2.05) is 7.05 Å². The Morgan fingerprint density at radius 2 is 1.92 bits per heavy atom. The molecule has 0 bridgehead atoms. The number of ether oxygens (including phenoxy) is 2. The van der Waals surface area contributed by atoms with Crippen molar-refractivity contribution in [3.05, 3.63) is 35.4 Å². The van der Waals surface area contributed by atoms with Gasteiger partial charge in [0.1, 0.15) is 0 Å². The summed E-state index contributed by atoms with van der Waals surface area (Å²) in [6.07, 6.45) is 6.03. The number of benzene rings is 1. The lowest BCUT2D eigenvalue weighted by Crippen LogP contribution is -2.46. The van der Waals surface area contributed by atoms with Crippen molar-refractivity contribution in [3.8, 4) is 0 Å². The first-order chi connectivity index (χ1) is 12.7. The highest BCUT2D eigenvalue weighted by atomic mass is 16.5. The minimum absolute atomic E-state index is 0.375. The summed E-state index contributed by atoms with van der Waals surface area (Å²) in [6.45, 7) is 6.13. The quantitative estimate of drug-likeness (QED) is 0.360. The number of hydrogen-bond acceptors (Lipinski definition) is 3. The van der Waals surface area contributed by atoms with Crippen molar-refractivity contribution in [2.75, 3.05) is 33.9 Å². The van der Waals surface area contributed by atoms with Gasteiger partial charge >= 0.3 is 0 Å². The number of aliphatic imine (C=N–C) groups is 1. The third-order valence-electron chi connectivity index (χ3n) is 5.28. The van der Waals surface area contributed by atoms with E-state index in [9.17, 15) is 0 Å². The molecular weight excluding hydrogens is 326 g/mol. The van der Waals surface area contributed by atoms with E-state index in [-0.39, 0.29) is 0 Å². The third-order valence-corrected chi connectivity index (χ3v) is 5.28. The minimum atomic E-state index is 0.375. The first-order valence-electron chi connectivity index (χ1n) is 9.81. The molecule has 0 amide bonds. The van der Waals surface area contributed by atoms with Gasteiger partial charge in [0.2, 0.25) is 0 Å². The lowest BCUT2D eigenvalue weighted by Gasteiger charge is -2.42. The number of hydrogen-bond donors (Lipinski definition) is 2. The summed E-state index contributed by atoms with van der Waals surface area (Å²) in [7, 11) is 3.61. The number of nitrogens with one attached hydrogen (secondary N) is 2. The van der Waals surface area contributed by atoms with Gasteiger partial charge in [-0.25, -0.2) is 0 Å². The summed E-state index contributed by atoms with van der Waals surface area (Å²) < 4.78 is 11.0. The summed E-state index contributed by atoms with van der Waals surface area (Å²) in [4.78, 5) is 4.38. The number of methoxy groups -OCH3 is 1. The fraction of sp³-hybridized carbons (Fsp3) is 0.667. The largest absolute Gasteiger partial charge is 0.385 e. The van der Waals surface area contributed by atoms with Gasteiger partial charge in [0.25, 0.3) is 0 Å². The molecule has 5 heteroatoms. The fourth-order valence-corrected chi connectivity index (χ4v) is 3.38. The summed E-state index contributed by atoms with van der Waals surface area (Å²) in [5.41, 5.74) is 2.86. The molecule has 1 aliphatic rings. The number of rotatable bonds is 11. The highest BCUT2D eigenvalue weighted by Crippen LogP contribution is 2.43. The van der Waals surface area contributed by atoms with Crippen LogP contribution < -0.4 is 10.6 Å². The van der Waals surface area contributed by atoms with Gasteiger partial charge in [-0.1, -0.05) is 37.6 Å². The zero-order valence-electron chi connectivity index (χ0n) is 16.6. The maximum absolute atomic E-state index is 5.71. The van der Waals surface area contributed by atoms with Gasteiger partial charge in [-0.15, -0.1) is 0 Å². The van der Waals surface area contributed by atoms with E-state index in [4.69, 9.17) is 9.47 Å². The molecule has 5 nitrogen and oxygen atoms in total. The monoisotopic (exact) mass is 361 g/mol. The molecule has 1 aromatic carbocycles. The smallest absolute Gasteiger partial charge is 0.191 e. The van der Waals surface area contributed by atoms with Crippen molar-refractivity contribution in [3.63, 3.8) is 0 Å². The van der Waals surface area contributed by atoms with Crippen LogP contribution in [0.2, 0.25) is 0 Å². The van der Waals surface area contributed by atoms with Crippen molar-refractivity contribution in [1.29, 1.82) is 0 Å². The minimum Gasteiger partial charge on any atom is -0.385 e. The standard InChI is InChI=1S/C21H35N3O2/c1-4-13-26-16-19-9-6-5-8-18(19)15-23-20(22-2)24-17-21(10-7-11-21)12-14-25-3/h5-6,8-9H,4,7,10-17H2,1-3H3,(H2,22,23,24). The van der Waals surface area contributed by atoms with E-state index in [2.05, 4.69) is 46.8 Å². The van der Waals surface area contributed by atoms with E-state index < -0.39 is 0 Å². The van der Waals surface area contributed by atoms with E-state index in [0.717, 1.165) is 45.1 Å². The van der Waals surface area contributed by atoms with Gasteiger partial charge < -0.3 is 20.1 Å². The molecule has 0 heterocycles. The van der Waals surface area contributed by atoms with E-state index in [0.29, 0.717) is 12.0 Å². The lowest BCUT2D eigenvalue weighted by molar-refractivity contribution is 0.0732. The molecule has 0 aliphatic heterocycles. The molecule has 1 saturated carbocycles. The van der Waals surface area contributed by atoms with Gasteiger partial charge in [0.05, 0.1) is 6.61 Å². The van der Waals surface area contributed by atoms with Crippen molar-refractivity contribution in [2.45, 2.75) is 52.2 Å². The molecule has 1 aromatic rings. The Balaban J connectivity index is 1.83. The number of guanidine groups is 1. The van der Waals surface area contributed by atoms with Crippen LogP contribution in [0.25, 0.3) is 0 Å². The predicted octanol–water partition coefficient (Wildman–Crippen LogP) is 3.49. The molecule has 146 valence electrons. The first kappa shape index (κ1) is 20.7. The van der Waals surface area contributed by atoms with Gasteiger partial charge in [-0.2, -0.15) is 0 Å². The zero-order chi connectivity index (χ0) is 18.7. The Morgan fingerprint density at radius 3 is 2.54 bits per heavy atom. The Kier molecular flexibility index (Phi) is 8.92. The second-order valence-corrected chi connectivity index (χ2v) is 7.20. The third kappa shape index (κ3) is 6.29. The SMILES string of the molecule is CCCOCc1ccccc1CNC(=NC)NCC1(CCOC)CCC1. The Bertz CT molecular complexity index is 556. The van der Waals surface area contributed by atoms with Gasteiger partial charge in [-0.3, -0.25) is 4.99 Å². The normalized spacial score (nSPS) is 16.2. The van der Waals surface area contributed by atoms with Crippen LogP contribution in [0, 0.1) is 5.41 Å². The molecule has 26 heavy (non-hydrogen) atoms.